The van der Waals surface area contributed by atoms with Crippen LogP contribution in [-0.4, -0.2) is 68.7 Å². The van der Waals surface area contributed by atoms with E-state index in [9.17, 15) is 0 Å². The molecule has 1 aromatic rings. The predicted octanol–water partition coefficient (Wildman–Crippen LogP) is 3.25. The van der Waals surface area contributed by atoms with Gasteiger partial charge < -0.3 is 19.5 Å². The molecule has 0 radical (unpaired) electrons. The highest BCUT2D eigenvalue weighted by molar-refractivity contribution is 5.92. The zero-order valence-corrected chi connectivity index (χ0v) is 19.8. The minimum Gasteiger partial charge on any atom is -0.497 e. The first-order valence-electron chi connectivity index (χ1n) is 11.9. The van der Waals surface area contributed by atoms with E-state index in [2.05, 4.69) is 46.5 Å². The van der Waals surface area contributed by atoms with Crippen LogP contribution in [0.4, 0.5) is 0 Å². The summed E-state index contributed by atoms with van der Waals surface area (Å²) in [4.78, 5) is 4.89. The van der Waals surface area contributed by atoms with Gasteiger partial charge in [0, 0.05) is 50.6 Å². The lowest BCUT2D eigenvalue weighted by Crippen LogP contribution is -2.28. The molecule has 0 saturated carbocycles. The number of fused-ring (bicyclic) bond motifs is 4. The first-order valence-corrected chi connectivity index (χ1v) is 11.9. The Morgan fingerprint density at radius 2 is 1.82 bits per heavy atom. The topological polar surface area (TPSA) is 69.9 Å². The lowest BCUT2D eigenvalue weighted by atomic mass is 9.85. The zero-order chi connectivity index (χ0) is 23.2. The van der Waals surface area contributed by atoms with E-state index in [1.54, 1.807) is 21.3 Å². The molecule has 0 spiro atoms. The van der Waals surface area contributed by atoms with Crippen molar-refractivity contribution in [1.82, 2.24) is 15.1 Å². The van der Waals surface area contributed by atoms with Gasteiger partial charge in [-0.3, -0.25) is 9.67 Å². The van der Waals surface area contributed by atoms with Crippen molar-refractivity contribution in [3.8, 4) is 0 Å². The summed E-state index contributed by atoms with van der Waals surface area (Å²) >= 11 is 0. The zero-order valence-electron chi connectivity index (χ0n) is 19.8. The van der Waals surface area contributed by atoms with Crippen molar-refractivity contribution in [2.75, 3.05) is 34.4 Å². The highest BCUT2D eigenvalue weighted by Crippen LogP contribution is 2.41. The summed E-state index contributed by atoms with van der Waals surface area (Å²) in [5.74, 6) is 0.937. The van der Waals surface area contributed by atoms with Crippen molar-refractivity contribution in [3.05, 3.63) is 82.5 Å². The lowest BCUT2D eigenvalue weighted by Gasteiger charge is -2.29. The summed E-state index contributed by atoms with van der Waals surface area (Å²) < 4.78 is 19.1. The molecule has 5 unspecified atom stereocenters. The number of rotatable bonds is 5. The number of aromatic nitrogens is 2. The molecule has 2 aliphatic heterocycles. The Morgan fingerprint density at radius 1 is 0.971 bits per heavy atom. The lowest BCUT2D eigenvalue weighted by molar-refractivity contribution is 0.0144. The summed E-state index contributed by atoms with van der Waals surface area (Å²) in [7, 11) is 5.13. The van der Waals surface area contributed by atoms with Crippen LogP contribution in [0.3, 0.4) is 0 Å². The Bertz CT molecular complexity index is 1210. The average Bonchev–Trinajstić information content (AvgIpc) is 3.52. The number of ether oxygens (including phenoxy) is 3. The number of nitrogens with one attached hydrogen (secondary N) is 1. The fourth-order valence-electron chi connectivity index (χ4n) is 5.58. The van der Waals surface area contributed by atoms with Crippen LogP contribution in [0.2, 0.25) is 0 Å². The number of allylic oxidation sites excluding steroid dienone is 5. The molecule has 176 valence electrons. The van der Waals surface area contributed by atoms with E-state index in [4.69, 9.17) is 24.3 Å². The number of hydrogen-bond donors (Lipinski definition) is 1. The first kappa shape index (κ1) is 21.5. The molecular formula is C27H30N4O3. The molecule has 3 heterocycles. The van der Waals surface area contributed by atoms with Crippen LogP contribution in [0.25, 0.3) is 5.57 Å². The van der Waals surface area contributed by atoms with Crippen molar-refractivity contribution in [2.24, 2.45) is 4.99 Å². The van der Waals surface area contributed by atoms with Crippen LogP contribution >= 0.6 is 0 Å². The molecule has 5 atom stereocenters. The maximum Gasteiger partial charge on any atom is 0.115 e. The fraction of sp³-hybridized carbons (Fsp3) is 0.407. The second kappa shape index (κ2) is 8.65. The molecule has 1 N–H and O–H groups in total. The van der Waals surface area contributed by atoms with Crippen molar-refractivity contribution < 1.29 is 14.2 Å². The van der Waals surface area contributed by atoms with E-state index in [0.29, 0.717) is 0 Å². The summed E-state index contributed by atoms with van der Waals surface area (Å²) in [6.45, 7) is 1.88. The van der Waals surface area contributed by atoms with E-state index in [1.807, 2.05) is 18.4 Å². The molecule has 3 aliphatic carbocycles. The minimum absolute atomic E-state index is 0.0469. The summed E-state index contributed by atoms with van der Waals surface area (Å²) in [6, 6.07) is 0.211. The Balaban J connectivity index is 1.48. The molecule has 34 heavy (non-hydrogen) atoms. The van der Waals surface area contributed by atoms with Gasteiger partial charge in [-0.05, 0) is 35.8 Å². The molecule has 6 rings (SSSR count). The van der Waals surface area contributed by atoms with E-state index >= 15 is 0 Å². The second-order valence-electron chi connectivity index (χ2n) is 9.23. The van der Waals surface area contributed by atoms with Gasteiger partial charge in [0.15, 0.2) is 0 Å². The van der Waals surface area contributed by atoms with Gasteiger partial charge in [-0.25, -0.2) is 0 Å². The van der Waals surface area contributed by atoms with Gasteiger partial charge in [0.1, 0.15) is 23.7 Å². The van der Waals surface area contributed by atoms with Crippen LogP contribution in [0.1, 0.15) is 35.3 Å². The SMILES string of the molecule is COC1=CC2c3c(c(C4=CC(OC)C(OC)C=C4)nn3C3C=C4CNCC4=CC3)C=NC2C=C1. The molecule has 5 aliphatic rings. The van der Waals surface area contributed by atoms with Crippen LogP contribution in [0.5, 0.6) is 0 Å². The summed E-state index contributed by atoms with van der Waals surface area (Å²) in [6.07, 6.45) is 20.0. The van der Waals surface area contributed by atoms with E-state index in [-0.39, 0.29) is 30.2 Å². The average molecular weight is 459 g/mol. The fourth-order valence-corrected chi connectivity index (χ4v) is 5.58. The van der Waals surface area contributed by atoms with E-state index < -0.39 is 0 Å². The molecule has 1 aromatic heterocycles. The maximum atomic E-state index is 5.70. The number of aliphatic imine (C=N–C) groups is 1. The van der Waals surface area contributed by atoms with Crippen LogP contribution in [0, 0.1) is 0 Å². The van der Waals surface area contributed by atoms with Gasteiger partial charge in [0.25, 0.3) is 0 Å². The van der Waals surface area contributed by atoms with E-state index in [1.165, 1.54) is 16.8 Å². The van der Waals surface area contributed by atoms with Gasteiger partial charge in [-0.2, -0.15) is 5.10 Å². The standard InChI is InChI=1S/C27H30N4O3/c1-32-20-7-8-23-21(12-20)27-22(15-29-23)26(16-5-9-24(33-2)25(11-16)34-3)30-31(27)19-6-4-17-13-28-14-18(17)10-19/h4-5,7-12,15,19,21,23-25,28H,6,13-14H2,1-3H3. The maximum absolute atomic E-state index is 5.70. The van der Waals surface area contributed by atoms with Gasteiger partial charge in [0.2, 0.25) is 0 Å². The molecule has 0 aromatic carbocycles. The Labute approximate surface area is 199 Å². The summed E-state index contributed by atoms with van der Waals surface area (Å²) in [5, 5.41) is 8.70. The Morgan fingerprint density at radius 3 is 2.65 bits per heavy atom. The summed E-state index contributed by atoms with van der Waals surface area (Å²) in [5.41, 5.74) is 7.04. The van der Waals surface area contributed by atoms with E-state index in [0.717, 1.165) is 42.1 Å². The van der Waals surface area contributed by atoms with Crippen molar-refractivity contribution in [2.45, 2.75) is 36.6 Å². The highest BCUT2D eigenvalue weighted by atomic mass is 16.5. The van der Waals surface area contributed by atoms with Gasteiger partial charge in [-0.1, -0.05) is 30.4 Å². The third-order valence-electron chi connectivity index (χ3n) is 7.39. The van der Waals surface area contributed by atoms with Crippen LogP contribution < -0.4 is 5.32 Å². The smallest absolute Gasteiger partial charge is 0.115 e. The third kappa shape index (κ3) is 3.47. The van der Waals surface area contributed by atoms with Crippen molar-refractivity contribution >= 4 is 11.8 Å². The van der Waals surface area contributed by atoms with Gasteiger partial charge in [0.05, 0.1) is 24.9 Å². The number of methoxy groups -OCH3 is 3. The quantitative estimate of drug-likeness (QED) is 0.734. The van der Waals surface area contributed by atoms with Crippen molar-refractivity contribution in [1.29, 1.82) is 0 Å². The molecular weight excluding hydrogens is 428 g/mol. The predicted molar refractivity (Wildman–Crippen MR) is 132 cm³/mol. The first-order chi connectivity index (χ1) is 16.7. The molecule has 1 saturated heterocycles. The molecule has 0 bridgehead atoms. The largest absolute Gasteiger partial charge is 0.497 e. The van der Waals surface area contributed by atoms with Crippen LogP contribution in [0.15, 0.2) is 70.5 Å². The number of nitrogens with zero attached hydrogens (tertiary/aromatic N) is 3. The minimum atomic E-state index is -0.163. The van der Waals surface area contributed by atoms with Crippen molar-refractivity contribution in [3.63, 3.8) is 0 Å². The third-order valence-corrected chi connectivity index (χ3v) is 7.39. The van der Waals surface area contributed by atoms with Gasteiger partial charge in [-0.15, -0.1) is 0 Å². The Hall–Kier alpha value is -3.00. The van der Waals surface area contributed by atoms with Crippen LogP contribution in [-0.2, 0) is 14.2 Å². The monoisotopic (exact) mass is 458 g/mol. The molecule has 7 heteroatoms. The number of hydrogen-bond acceptors (Lipinski definition) is 6. The van der Waals surface area contributed by atoms with Gasteiger partial charge >= 0.3 is 0 Å². The highest BCUT2D eigenvalue weighted by Gasteiger charge is 2.36. The molecule has 0 amide bonds. The normalized spacial score (nSPS) is 31.2. The Kier molecular flexibility index (Phi) is 5.48. The second-order valence-corrected chi connectivity index (χ2v) is 9.23. The molecule has 1 fully saturated rings. The molecule has 7 nitrogen and oxygen atoms in total.